The van der Waals surface area contributed by atoms with E-state index in [1.165, 1.54) is 9.46 Å². The first-order chi connectivity index (χ1) is 15.3. The average molecular weight is 489 g/mol. The monoisotopic (exact) mass is 488 g/mol. The van der Waals surface area contributed by atoms with Gasteiger partial charge in [-0.3, -0.25) is 9.36 Å². The van der Waals surface area contributed by atoms with E-state index in [0.29, 0.717) is 34.6 Å². The number of carbonyl (C=O) groups excluding carboxylic acids is 1. The van der Waals surface area contributed by atoms with E-state index >= 15 is 0 Å². The lowest BCUT2D eigenvalue weighted by atomic mass is 10.0. The Labute approximate surface area is 200 Å². The van der Waals surface area contributed by atoms with Gasteiger partial charge in [0.05, 0.1) is 5.69 Å². The number of aromatic nitrogens is 2. The van der Waals surface area contributed by atoms with Gasteiger partial charge in [-0.2, -0.15) is 0 Å². The van der Waals surface area contributed by atoms with E-state index in [9.17, 15) is 9.59 Å². The summed E-state index contributed by atoms with van der Waals surface area (Å²) in [4.78, 5) is 31.1. The summed E-state index contributed by atoms with van der Waals surface area (Å²) in [6.07, 6.45) is 3.92. The first-order valence-electron chi connectivity index (χ1n) is 9.94. The highest BCUT2D eigenvalue weighted by Gasteiger charge is 2.24. The SMILES string of the molecule is CSc1ccc(CNC(=O)Cn2c3c([nH]c2=O)C=C(c2cc(Cl)cc(Cl)c2)CN3C)cc1. The third-order valence-corrected chi connectivity index (χ3v) is 6.43. The molecule has 1 amide bonds. The van der Waals surface area contributed by atoms with Crippen molar-refractivity contribution in [3.05, 3.63) is 79.8 Å². The zero-order chi connectivity index (χ0) is 22.8. The van der Waals surface area contributed by atoms with Crippen LogP contribution in [0.1, 0.15) is 16.8 Å². The number of nitrogens with one attached hydrogen (secondary N) is 2. The molecular formula is C23H22Cl2N4O2S. The lowest BCUT2D eigenvalue weighted by Crippen LogP contribution is -2.34. The van der Waals surface area contributed by atoms with Gasteiger partial charge in [-0.1, -0.05) is 35.3 Å². The second-order valence-corrected chi connectivity index (χ2v) is 9.31. The van der Waals surface area contributed by atoms with Crippen molar-refractivity contribution in [3.8, 4) is 0 Å². The van der Waals surface area contributed by atoms with Gasteiger partial charge in [0, 0.05) is 35.1 Å². The van der Waals surface area contributed by atoms with Crippen molar-refractivity contribution in [2.45, 2.75) is 18.0 Å². The molecule has 1 aliphatic heterocycles. The minimum Gasteiger partial charge on any atom is -0.355 e. The number of nitrogens with zero attached hydrogens (tertiary/aromatic N) is 2. The third-order valence-electron chi connectivity index (χ3n) is 5.25. The highest BCUT2D eigenvalue weighted by atomic mass is 35.5. The van der Waals surface area contributed by atoms with Crippen molar-refractivity contribution < 1.29 is 4.79 Å². The predicted molar refractivity (Wildman–Crippen MR) is 133 cm³/mol. The Morgan fingerprint density at radius 2 is 1.84 bits per heavy atom. The van der Waals surface area contributed by atoms with Crippen molar-refractivity contribution in [2.24, 2.45) is 0 Å². The summed E-state index contributed by atoms with van der Waals surface area (Å²) in [6.45, 7) is 0.888. The standard InChI is InChI=1S/C23H22Cl2N4O2S/c1-28-12-16(15-7-17(24)10-18(25)8-15)9-20-22(28)29(23(31)27-20)13-21(30)26-11-14-3-5-19(32-2)6-4-14/h3-10H,11-13H2,1-2H3,(H,26,30)(H,27,31). The van der Waals surface area contributed by atoms with Gasteiger partial charge in [0.1, 0.15) is 12.4 Å². The van der Waals surface area contributed by atoms with Crippen LogP contribution >= 0.6 is 35.0 Å². The third kappa shape index (κ3) is 4.90. The summed E-state index contributed by atoms with van der Waals surface area (Å²) in [5, 5.41) is 3.99. The zero-order valence-electron chi connectivity index (χ0n) is 17.6. The van der Waals surface area contributed by atoms with Crippen molar-refractivity contribution in [1.29, 1.82) is 0 Å². The minimum atomic E-state index is -0.331. The molecule has 0 unspecified atom stereocenters. The average Bonchev–Trinajstić information content (AvgIpc) is 3.07. The summed E-state index contributed by atoms with van der Waals surface area (Å²) in [5.74, 6) is 0.444. The number of halogens is 2. The van der Waals surface area contributed by atoms with Crippen LogP contribution in [0.2, 0.25) is 10.0 Å². The van der Waals surface area contributed by atoms with Crippen LogP contribution in [0.15, 0.2) is 52.2 Å². The molecule has 0 radical (unpaired) electrons. The Bertz CT molecular complexity index is 1230. The molecule has 6 nitrogen and oxygen atoms in total. The van der Waals surface area contributed by atoms with Gasteiger partial charge in [0.15, 0.2) is 0 Å². The molecule has 0 aliphatic carbocycles. The summed E-state index contributed by atoms with van der Waals surface area (Å²) >= 11 is 14.0. The van der Waals surface area contributed by atoms with Gasteiger partial charge in [0.25, 0.3) is 0 Å². The number of imidazole rings is 1. The van der Waals surface area contributed by atoms with E-state index in [1.54, 1.807) is 17.8 Å². The molecule has 0 atom stereocenters. The summed E-state index contributed by atoms with van der Waals surface area (Å²) in [5.41, 5.74) is 3.18. The summed E-state index contributed by atoms with van der Waals surface area (Å²) in [6, 6.07) is 13.4. The fraction of sp³-hybridized carbons (Fsp3) is 0.217. The molecule has 4 rings (SSSR count). The van der Waals surface area contributed by atoms with Gasteiger partial charge in [-0.25, -0.2) is 4.79 Å². The van der Waals surface area contributed by atoms with Gasteiger partial charge in [0.2, 0.25) is 5.91 Å². The zero-order valence-corrected chi connectivity index (χ0v) is 19.9. The number of H-pyrrole nitrogens is 1. The number of aromatic amines is 1. The molecule has 1 aromatic heterocycles. The number of fused-ring (bicyclic) bond motifs is 1. The van der Waals surface area contributed by atoms with Crippen molar-refractivity contribution >= 4 is 58.3 Å². The lowest BCUT2D eigenvalue weighted by Gasteiger charge is -2.27. The number of thioether (sulfide) groups is 1. The van der Waals surface area contributed by atoms with E-state index in [1.807, 2.05) is 60.7 Å². The van der Waals surface area contributed by atoms with Crippen LogP contribution in [0.4, 0.5) is 5.82 Å². The van der Waals surface area contributed by atoms with E-state index in [0.717, 1.165) is 16.7 Å². The number of carbonyl (C=O) groups is 1. The molecule has 2 aromatic carbocycles. The quantitative estimate of drug-likeness (QED) is 0.500. The van der Waals surface area contributed by atoms with Crippen LogP contribution in [0, 0.1) is 0 Å². The first kappa shape index (κ1) is 22.6. The highest BCUT2D eigenvalue weighted by molar-refractivity contribution is 7.98. The molecular weight excluding hydrogens is 467 g/mol. The smallest absolute Gasteiger partial charge is 0.328 e. The van der Waals surface area contributed by atoms with Gasteiger partial charge < -0.3 is 15.2 Å². The van der Waals surface area contributed by atoms with Gasteiger partial charge in [-0.05, 0) is 59.4 Å². The fourth-order valence-corrected chi connectivity index (χ4v) is 4.68. The Balaban J connectivity index is 1.52. The van der Waals surface area contributed by atoms with E-state index in [4.69, 9.17) is 23.2 Å². The molecule has 0 saturated heterocycles. The maximum atomic E-state index is 12.6. The Hall–Kier alpha value is -2.61. The lowest BCUT2D eigenvalue weighted by molar-refractivity contribution is -0.121. The number of rotatable bonds is 6. The van der Waals surface area contributed by atoms with Crippen LogP contribution in [0.5, 0.6) is 0 Å². The Kier molecular flexibility index (Phi) is 6.69. The molecule has 32 heavy (non-hydrogen) atoms. The van der Waals surface area contributed by atoms with Crippen molar-refractivity contribution in [3.63, 3.8) is 0 Å². The van der Waals surface area contributed by atoms with E-state index < -0.39 is 0 Å². The summed E-state index contributed by atoms with van der Waals surface area (Å²) < 4.78 is 1.46. The second-order valence-electron chi connectivity index (χ2n) is 7.56. The van der Waals surface area contributed by atoms with Crippen LogP contribution in [0.3, 0.4) is 0 Å². The maximum absolute atomic E-state index is 12.6. The topological polar surface area (TPSA) is 70.1 Å². The molecule has 1 aliphatic rings. The van der Waals surface area contributed by atoms with Crippen LogP contribution in [-0.4, -0.2) is 35.3 Å². The van der Waals surface area contributed by atoms with Crippen LogP contribution < -0.4 is 15.9 Å². The Morgan fingerprint density at radius 3 is 2.50 bits per heavy atom. The molecule has 0 bridgehead atoms. The van der Waals surface area contributed by atoms with Gasteiger partial charge in [-0.15, -0.1) is 11.8 Å². The van der Waals surface area contributed by atoms with E-state index in [-0.39, 0.29) is 18.1 Å². The number of benzene rings is 2. The minimum absolute atomic E-state index is 0.0654. The molecule has 0 saturated carbocycles. The molecule has 2 heterocycles. The first-order valence-corrected chi connectivity index (χ1v) is 11.9. The molecule has 2 N–H and O–H groups in total. The maximum Gasteiger partial charge on any atom is 0.328 e. The number of hydrogen-bond donors (Lipinski definition) is 2. The molecule has 0 fully saturated rings. The number of anilines is 1. The van der Waals surface area contributed by atoms with Crippen LogP contribution in [0.25, 0.3) is 11.6 Å². The highest BCUT2D eigenvalue weighted by Crippen LogP contribution is 2.32. The van der Waals surface area contributed by atoms with Gasteiger partial charge >= 0.3 is 5.69 Å². The Morgan fingerprint density at radius 1 is 1.16 bits per heavy atom. The fourth-order valence-electron chi connectivity index (χ4n) is 3.75. The number of amides is 1. The summed E-state index contributed by atoms with van der Waals surface area (Å²) in [7, 11) is 1.88. The normalized spacial score (nSPS) is 13.0. The van der Waals surface area contributed by atoms with Crippen molar-refractivity contribution in [2.75, 3.05) is 24.7 Å². The van der Waals surface area contributed by atoms with Crippen LogP contribution in [-0.2, 0) is 17.9 Å². The predicted octanol–water partition coefficient (Wildman–Crippen LogP) is 4.51. The number of likely N-dealkylation sites (N-methyl/N-ethyl adjacent to an activating group) is 1. The second kappa shape index (κ2) is 9.48. The number of hydrogen-bond acceptors (Lipinski definition) is 4. The van der Waals surface area contributed by atoms with E-state index in [2.05, 4.69) is 10.3 Å². The van der Waals surface area contributed by atoms with Crippen molar-refractivity contribution in [1.82, 2.24) is 14.9 Å². The largest absolute Gasteiger partial charge is 0.355 e. The molecule has 3 aromatic rings. The molecule has 166 valence electrons. The molecule has 0 spiro atoms. The molecule has 9 heteroatoms.